The summed E-state index contributed by atoms with van der Waals surface area (Å²) in [6.45, 7) is 2.85. The molecule has 0 aliphatic carbocycles. The zero-order chi connectivity index (χ0) is 24.5. The number of carbonyl (C=O) groups is 3. The minimum absolute atomic E-state index is 0.0424. The second-order valence-corrected chi connectivity index (χ2v) is 8.51. The summed E-state index contributed by atoms with van der Waals surface area (Å²) in [4.78, 5) is 45.7. The molecule has 0 radical (unpaired) electrons. The van der Waals surface area contributed by atoms with Gasteiger partial charge in [0.25, 0.3) is 11.8 Å². The van der Waals surface area contributed by atoms with E-state index in [2.05, 4.69) is 15.0 Å². The van der Waals surface area contributed by atoms with Crippen LogP contribution in [-0.2, 0) is 11.2 Å². The highest BCUT2D eigenvalue weighted by atomic mass is 19.4. The van der Waals surface area contributed by atoms with E-state index in [0.717, 1.165) is 36.3 Å². The number of ether oxygens (including phenoxy) is 1. The van der Waals surface area contributed by atoms with Gasteiger partial charge in [-0.15, -0.1) is 13.2 Å². The van der Waals surface area contributed by atoms with Gasteiger partial charge in [-0.2, -0.15) is 0 Å². The maximum absolute atomic E-state index is 13.3. The first-order chi connectivity index (χ1) is 16.1. The quantitative estimate of drug-likeness (QED) is 0.665. The van der Waals surface area contributed by atoms with Crippen LogP contribution in [0, 0.1) is 0 Å². The number of piperidine rings is 1. The molecule has 1 aromatic carbocycles. The third-order valence-corrected chi connectivity index (χ3v) is 5.92. The predicted molar refractivity (Wildman–Crippen MR) is 115 cm³/mol. The molecule has 34 heavy (non-hydrogen) atoms. The molecule has 0 saturated carbocycles. The van der Waals surface area contributed by atoms with E-state index in [0.29, 0.717) is 24.2 Å². The smallest absolute Gasteiger partial charge is 0.406 e. The number of halogens is 3. The lowest BCUT2D eigenvalue weighted by molar-refractivity contribution is -0.274. The molecule has 11 heteroatoms. The highest BCUT2D eigenvalue weighted by Gasteiger charge is 2.49. The molecule has 0 bridgehead atoms. The number of urea groups is 1. The Morgan fingerprint density at radius 3 is 2.44 bits per heavy atom. The fourth-order valence-electron chi connectivity index (χ4n) is 4.25. The number of anilines is 1. The van der Waals surface area contributed by atoms with Crippen molar-refractivity contribution in [3.63, 3.8) is 0 Å². The number of carbonyl (C=O) groups excluding carboxylic acids is 3. The number of hydrogen-bond acceptors (Lipinski definition) is 5. The van der Waals surface area contributed by atoms with Gasteiger partial charge >= 0.3 is 12.4 Å². The average Bonchev–Trinajstić information content (AvgIpc) is 3.01. The maximum atomic E-state index is 13.3. The number of alkyl halides is 3. The number of amides is 4. The molecule has 0 spiro atoms. The Morgan fingerprint density at radius 1 is 1.12 bits per heavy atom. The lowest BCUT2D eigenvalue weighted by Crippen LogP contribution is -2.46. The largest absolute Gasteiger partial charge is 0.573 e. The molecular weight excluding hydrogens is 453 g/mol. The van der Waals surface area contributed by atoms with Gasteiger partial charge in [-0.3, -0.25) is 14.6 Å². The van der Waals surface area contributed by atoms with Crippen LogP contribution in [0.1, 0.15) is 42.1 Å². The van der Waals surface area contributed by atoms with Crippen LogP contribution >= 0.6 is 0 Å². The first-order valence-corrected chi connectivity index (χ1v) is 10.8. The highest BCUT2D eigenvalue weighted by molar-refractivity contribution is 6.23. The van der Waals surface area contributed by atoms with Crippen molar-refractivity contribution in [2.24, 2.45) is 0 Å². The summed E-state index contributed by atoms with van der Waals surface area (Å²) >= 11 is 0. The second-order valence-electron chi connectivity index (χ2n) is 8.51. The Bertz CT molecular complexity index is 1100. The molecule has 4 rings (SSSR count). The van der Waals surface area contributed by atoms with Gasteiger partial charge in [-0.25, -0.2) is 9.69 Å². The van der Waals surface area contributed by atoms with Crippen LogP contribution in [0.2, 0.25) is 0 Å². The summed E-state index contributed by atoms with van der Waals surface area (Å²) in [6, 6.07) is 5.38. The molecule has 8 nitrogen and oxygen atoms in total. The van der Waals surface area contributed by atoms with Gasteiger partial charge in [0.15, 0.2) is 0 Å². The van der Waals surface area contributed by atoms with E-state index in [1.165, 1.54) is 24.5 Å². The summed E-state index contributed by atoms with van der Waals surface area (Å²) < 4.78 is 41.0. The number of aromatic nitrogens is 1. The number of imide groups is 1. The van der Waals surface area contributed by atoms with Gasteiger partial charge in [0.2, 0.25) is 0 Å². The van der Waals surface area contributed by atoms with Crippen LogP contribution in [0.5, 0.6) is 5.75 Å². The zero-order valence-electron chi connectivity index (χ0n) is 18.4. The van der Waals surface area contributed by atoms with Gasteiger partial charge < -0.3 is 15.0 Å². The fourth-order valence-corrected chi connectivity index (χ4v) is 4.25. The minimum atomic E-state index is -4.85. The topological polar surface area (TPSA) is 91.8 Å². The Morgan fingerprint density at radius 2 is 1.79 bits per heavy atom. The lowest BCUT2D eigenvalue weighted by atomic mass is 9.90. The third kappa shape index (κ3) is 4.82. The van der Waals surface area contributed by atoms with Crippen LogP contribution in [0.25, 0.3) is 0 Å². The van der Waals surface area contributed by atoms with Gasteiger partial charge in [-0.05, 0) is 62.1 Å². The summed E-state index contributed by atoms with van der Waals surface area (Å²) in [5.41, 5.74) is -0.325. The first-order valence-electron chi connectivity index (χ1n) is 10.8. The van der Waals surface area contributed by atoms with Crippen LogP contribution in [0.3, 0.4) is 0 Å². The molecule has 4 amide bonds. The fraction of sp³-hybridized carbons (Fsp3) is 0.391. The SMILES string of the molecule is CC1(Cc2ccncc2C(=O)N2CCCCC2)NC(=O)N(c2ccc(OC(F)(F)F)cc2)C1=O. The average molecular weight is 476 g/mol. The molecule has 2 saturated heterocycles. The maximum Gasteiger partial charge on any atom is 0.573 e. The van der Waals surface area contributed by atoms with Gasteiger partial charge in [0.05, 0.1) is 11.3 Å². The van der Waals surface area contributed by atoms with Crippen molar-refractivity contribution in [1.82, 2.24) is 15.2 Å². The van der Waals surface area contributed by atoms with Gasteiger partial charge in [-0.1, -0.05) is 0 Å². The summed E-state index contributed by atoms with van der Waals surface area (Å²) in [6.07, 6.45) is 1.10. The van der Waals surface area contributed by atoms with Gasteiger partial charge in [0, 0.05) is 31.9 Å². The number of nitrogens with zero attached hydrogens (tertiary/aromatic N) is 3. The van der Waals surface area contributed by atoms with E-state index >= 15 is 0 Å². The molecule has 3 heterocycles. The Hall–Kier alpha value is -3.63. The van der Waals surface area contributed by atoms with E-state index in [1.54, 1.807) is 17.9 Å². The molecule has 1 unspecified atom stereocenters. The third-order valence-electron chi connectivity index (χ3n) is 5.92. The molecule has 2 fully saturated rings. The molecule has 180 valence electrons. The van der Waals surface area contributed by atoms with Crippen LogP contribution in [0.4, 0.5) is 23.7 Å². The second kappa shape index (κ2) is 8.96. The summed E-state index contributed by atoms with van der Waals surface area (Å²) in [5.74, 6) is -1.22. The minimum Gasteiger partial charge on any atom is -0.406 e. The van der Waals surface area contributed by atoms with E-state index < -0.39 is 29.6 Å². The number of rotatable bonds is 5. The number of pyridine rings is 1. The Labute approximate surface area is 193 Å². The zero-order valence-corrected chi connectivity index (χ0v) is 18.4. The lowest BCUT2D eigenvalue weighted by Gasteiger charge is -2.28. The normalized spacial score (nSPS) is 20.9. The highest BCUT2D eigenvalue weighted by Crippen LogP contribution is 2.31. The first kappa shape index (κ1) is 23.5. The molecule has 1 atom stereocenters. The summed E-state index contributed by atoms with van der Waals surface area (Å²) in [7, 11) is 0. The van der Waals surface area contributed by atoms with Crippen LogP contribution < -0.4 is 15.0 Å². The van der Waals surface area contributed by atoms with E-state index in [9.17, 15) is 27.6 Å². The number of likely N-dealkylation sites (tertiary alicyclic amines) is 1. The monoisotopic (exact) mass is 476 g/mol. The van der Waals surface area contributed by atoms with E-state index in [4.69, 9.17) is 0 Å². The Kier molecular flexibility index (Phi) is 6.20. The van der Waals surface area contributed by atoms with Crippen molar-refractivity contribution in [1.29, 1.82) is 0 Å². The van der Waals surface area contributed by atoms with Crippen LogP contribution in [0.15, 0.2) is 42.7 Å². The molecule has 2 aromatic rings. The van der Waals surface area contributed by atoms with Crippen molar-refractivity contribution in [2.75, 3.05) is 18.0 Å². The molecule has 2 aliphatic heterocycles. The van der Waals surface area contributed by atoms with Crippen molar-refractivity contribution < 1.29 is 32.3 Å². The molecule has 1 N–H and O–H groups in total. The van der Waals surface area contributed by atoms with Crippen molar-refractivity contribution in [2.45, 2.75) is 44.5 Å². The molecule has 2 aliphatic rings. The van der Waals surface area contributed by atoms with Gasteiger partial charge in [0.1, 0.15) is 11.3 Å². The number of nitrogens with one attached hydrogen (secondary N) is 1. The number of benzene rings is 1. The summed E-state index contributed by atoms with van der Waals surface area (Å²) in [5, 5.41) is 2.66. The number of hydrogen-bond donors (Lipinski definition) is 1. The standard InChI is InChI=1S/C23H23F3N4O4/c1-22(13-15-9-10-27-14-18(15)19(31)29-11-3-2-4-12-29)20(32)30(21(33)28-22)16-5-7-17(8-6-16)34-23(24,25)26/h5-10,14H,2-4,11-13H2,1H3,(H,28,33). The van der Waals surface area contributed by atoms with Crippen molar-refractivity contribution in [3.8, 4) is 5.75 Å². The van der Waals surface area contributed by atoms with E-state index in [1.807, 2.05) is 0 Å². The van der Waals surface area contributed by atoms with Crippen LogP contribution in [-0.4, -0.2) is 52.7 Å². The van der Waals surface area contributed by atoms with E-state index in [-0.39, 0.29) is 18.0 Å². The molecule has 1 aromatic heterocycles. The molecular formula is C23H23F3N4O4. The van der Waals surface area contributed by atoms with Crippen molar-refractivity contribution >= 4 is 23.5 Å². The predicted octanol–water partition coefficient (Wildman–Crippen LogP) is 3.66. The van der Waals surface area contributed by atoms with Crippen molar-refractivity contribution in [3.05, 3.63) is 53.9 Å². The Balaban J connectivity index is 1.55.